The number of likely N-dealkylation sites (N-methyl/N-ethyl adjacent to an activating group) is 1. The summed E-state index contributed by atoms with van der Waals surface area (Å²) in [7, 11) is 3.65. The molecule has 2 atom stereocenters. The standard InChI is InChI=1S/C14H25NO3/c1-8-10(3)11(15(6)7)12(16)14(4,5)13(17)18-9-2/h8,10-11H,1,9H2,2-7H3. The third-order valence-electron chi connectivity index (χ3n) is 3.10. The number of ether oxygens (including phenoxy) is 1. The van der Waals surface area contributed by atoms with E-state index in [0.29, 0.717) is 0 Å². The Morgan fingerprint density at radius 2 is 1.89 bits per heavy atom. The Morgan fingerprint density at radius 3 is 2.22 bits per heavy atom. The van der Waals surface area contributed by atoms with Gasteiger partial charge in [0.05, 0.1) is 12.6 Å². The molecule has 0 aliphatic rings. The van der Waals surface area contributed by atoms with Crippen molar-refractivity contribution in [2.75, 3.05) is 20.7 Å². The first kappa shape index (κ1) is 16.8. The third-order valence-corrected chi connectivity index (χ3v) is 3.10. The third kappa shape index (κ3) is 3.67. The van der Waals surface area contributed by atoms with Gasteiger partial charge in [-0.2, -0.15) is 0 Å². The maximum absolute atomic E-state index is 12.5. The van der Waals surface area contributed by atoms with Gasteiger partial charge in [0, 0.05) is 0 Å². The van der Waals surface area contributed by atoms with Crippen LogP contribution in [0.3, 0.4) is 0 Å². The van der Waals surface area contributed by atoms with Gasteiger partial charge >= 0.3 is 5.97 Å². The second kappa shape index (κ2) is 6.69. The number of esters is 1. The molecule has 0 bridgehead atoms. The molecule has 104 valence electrons. The Bertz CT molecular complexity index is 321. The van der Waals surface area contributed by atoms with Crippen molar-refractivity contribution in [3.63, 3.8) is 0 Å². The lowest BCUT2D eigenvalue weighted by molar-refractivity contribution is -0.159. The minimum absolute atomic E-state index is 0.0267. The summed E-state index contributed by atoms with van der Waals surface area (Å²) in [5.41, 5.74) is -1.14. The van der Waals surface area contributed by atoms with Gasteiger partial charge in [-0.15, -0.1) is 6.58 Å². The van der Waals surface area contributed by atoms with Crippen LogP contribution < -0.4 is 0 Å². The summed E-state index contributed by atoms with van der Waals surface area (Å²) in [6, 6.07) is -0.373. The largest absolute Gasteiger partial charge is 0.465 e. The highest BCUT2D eigenvalue weighted by molar-refractivity contribution is 6.05. The van der Waals surface area contributed by atoms with Crippen molar-refractivity contribution >= 4 is 11.8 Å². The summed E-state index contributed by atoms with van der Waals surface area (Å²) in [6.07, 6.45) is 1.73. The van der Waals surface area contributed by atoms with Crippen LogP contribution >= 0.6 is 0 Å². The molecular weight excluding hydrogens is 230 g/mol. The number of nitrogens with zero attached hydrogens (tertiary/aromatic N) is 1. The molecule has 0 heterocycles. The number of carbonyl (C=O) groups excluding carboxylic acids is 2. The van der Waals surface area contributed by atoms with Gasteiger partial charge in [0.15, 0.2) is 5.78 Å². The van der Waals surface area contributed by atoms with E-state index in [2.05, 4.69) is 6.58 Å². The van der Waals surface area contributed by atoms with Crippen molar-refractivity contribution in [1.29, 1.82) is 0 Å². The Morgan fingerprint density at radius 1 is 1.39 bits per heavy atom. The summed E-state index contributed by atoms with van der Waals surface area (Å²) < 4.78 is 4.97. The summed E-state index contributed by atoms with van der Waals surface area (Å²) in [5, 5.41) is 0. The molecule has 0 saturated carbocycles. The lowest BCUT2D eigenvalue weighted by atomic mass is 9.80. The predicted octanol–water partition coefficient (Wildman–Crippen LogP) is 1.90. The van der Waals surface area contributed by atoms with Crippen molar-refractivity contribution in [3.8, 4) is 0 Å². The topological polar surface area (TPSA) is 46.6 Å². The second-order valence-electron chi connectivity index (χ2n) is 5.21. The molecule has 0 aromatic heterocycles. The molecule has 4 heteroatoms. The molecule has 4 nitrogen and oxygen atoms in total. The van der Waals surface area contributed by atoms with Gasteiger partial charge in [0.2, 0.25) is 0 Å². The van der Waals surface area contributed by atoms with E-state index in [1.54, 1.807) is 26.8 Å². The van der Waals surface area contributed by atoms with Crippen molar-refractivity contribution < 1.29 is 14.3 Å². The van der Waals surface area contributed by atoms with Crippen LogP contribution in [0.25, 0.3) is 0 Å². The van der Waals surface area contributed by atoms with Gasteiger partial charge in [-0.3, -0.25) is 14.5 Å². The van der Waals surface area contributed by atoms with Crippen LogP contribution in [-0.4, -0.2) is 43.4 Å². The minimum atomic E-state index is -1.14. The van der Waals surface area contributed by atoms with Gasteiger partial charge < -0.3 is 4.74 Å². The van der Waals surface area contributed by atoms with Crippen molar-refractivity contribution in [2.24, 2.45) is 11.3 Å². The zero-order chi connectivity index (χ0) is 14.5. The van der Waals surface area contributed by atoms with Gasteiger partial charge in [-0.1, -0.05) is 13.0 Å². The molecule has 0 aromatic carbocycles. The highest BCUT2D eigenvalue weighted by Crippen LogP contribution is 2.25. The van der Waals surface area contributed by atoms with E-state index in [9.17, 15) is 9.59 Å². The molecule has 0 saturated heterocycles. The van der Waals surface area contributed by atoms with E-state index in [1.165, 1.54) is 0 Å². The fourth-order valence-corrected chi connectivity index (χ4v) is 1.85. The fraction of sp³-hybridized carbons (Fsp3) is 0.714. The maximum Gasteiger partial charge on any atom is 0.319 e. The predicted molar refractivity (Wildman–Crippen MR) is 72.3 cm³/mol. The van der Waals surface area contributed by atoms with E-state index in [-0.39, 0.29) is 24.3 Å². The highest BCUT2D eigenvalue weighted by Gasteiger charge is 2.43. The Labute approximate surface area is 110 Å². The average Bonchev–Trinajstić information content (AvgIpc) is 2.28. The van der Waals surface area contributed by atoms with E-state index in [4.69, 9.17) is 4.74 Å². The smallest absolute Gasteiger partial charge is 0.319 e. The van der Waals surface area contributed by atoms with Crippen LogP contribution in [0.1, 0.15) is 27.7 Å². The first-order chi connectivity index (χ1) is 8.19. The average molecular weight is 255 g/mol. The van der Waals surface area contributed by atoms with Crippen LogP contribution in [0, 0.1) is 11.3 Å². The van der Waals surface area contributed by atoms with Crippen LogP contribution in [0.4, 0.5) is 0 Å². The molecule has 0 fully saturated rings. The normalized spacial score (nSPS) is 15.1. The number of hydrogen-bond acceptors (Lipinski definition) is 4. The van der Waals surface area contributed by atoms with E-state index in [1.807, 2.05) is 25.9 Å². The van der Waals surface area contributed by atoms with Crippen molar-refractivity contribution in [1.82, 2.24) is 4.90 Å². The quantitative estimate of drug-likeness (QED) is 0.396. The Balaban J connectivity index is 5.19. The molecule has 0 rings (SSSR count). The van der Waals surface area contributed by atoms with Gasteiger partial charge in [-0.25, -0.2) is 0 Å². The highest BCUT2D eigenvalue weighted by atomic mass is 16.5. The van der Waals surface area contributed by atoms with Crippen LogP contribution in [0.5, 0.6) is 0 Å². The van der Waals surface area contributed by atoms with Crippen LogP contribution in [0.15, 0.2) is 12.7 Å². The van der Waals surface area contributed by atoms with Gasteiger partial charge in [0.25, 0.3) is 0 Å². The maximum atomic E-state index is 12.5. The molecule has 0 amide bonds. The van der Waals surface area contributed by atoms with Crippen molar-refractivity contribution in [3.05, 3.63) is 12.7 Å². The number of ketones is 1. The molecule has 18 heavy (non-hydrogen) atoms. The number of carbonyl (C=O) groups is 2. The molecule has 0 aromatic rings. The molecule has 0 radical (unpaired) electrons. The molecular formula is C14H25NO3. The van der Waals surface area contributed by atoms with Crippen LogP contribution in [0.2, 0.25) is 0 Å². The number of hydrogen-bond donors (Lipinski definition) is 0. The summed E-state index contributed by atoms with van der Waals surface area (Å²) in [5.74, 6) is -0.641. The number of rotatable bonds is 7. The number of Topliss-reactive ketones (excluding diaryl/α,β-unsaturated/α-hetero) is 1. The SMILES string of the molecule is C=CC(C)C(C(=O)C(C)(C)C(=O)OCC)N(C)C. The van der Waals surface area contributed by atoms with E-state index < -0.39 is 11.4 Å². The summed E-state index contributed by atoms with van der Waals surface area (Å²) in [6.45, 7) is 10.9. The molecule has 2 unspecified atom stereocenters. The molecule has 0 aliphatic heterocycles. The monoisotopic (exact) mass is 255 g/mol. The minimum Gasteiger partial charge on any atom is -0.465 e. The lowest BCUT2D eigenvalue weighted by Crippen LogP contribution is -2.49. The molecule has 0 spiro atoms. The molecule has 0 aliphatic carbocycles. The van der Waals surface area contributed by atoms with Gasteiger partial charge in [-0.05, 0) is 40.8 Å². The Hall–Kier alpha value is -1.16. The first-order valence-corrected chi connectivity index (χ1v) is 6.20. The zero-order valence-corrected chi connectivity index (χ0v) is 12.3. The first-order valence-electron chi connectivity index (χ1n) is 6.20. The zero-order valence-electron chi connectivity index (χ0n) is 12.3. The lowest BCUT2D eigenvalue weighted by Gasteiger charge is -2.33. The van der Waals surface area contributed by atoms with E-state index in [0.717, 1.165) is 0 Å². The van der Waals surface area contributed by atoms with Crippen molar-refractivity contribution in [2.45, 2.75) is 33.7 Å². The molecule has 0 N–H and O–H groups in total. The van der Waals surface area contributed by atoms with Crippen LogP contribution in [-0.2, 0) is 14.3 Å². The van der Waals surface area contributed by atoms with Gasteiger partial charge in [0.1, 0.15) is 5.41 Å². The van der Waals surface area contributed by atoms with E-state index >= 15 is 0 Å². The second-order valence-corrected chi connectivity index (χ2v) is 5.21. The fourth-order valence-electron chi connectivity index (χ4n) is 1.85. The Kier molecular flexibility index (Phi) is 6.26. The summed E-state index contributed by atoms with van der Waals surface area (Å²) >= 11 is 0. The summed E-state index contributed by atoms with van der Waals surface area (Å²) in [4.78, 5) is 26.2.